The lowest BCUT2D eigenvalue weighted by Gasteiger charge is -2.37. The van der Waals surface area contributed by atoms with Crippen LogP contribution in [0.4, 0.5) is 0 Å². The first-order valence-electron chi connectivity index (χ1n) is 11.8. The average Bonchev–Trinajstić information content (AvgIpc) is 2.84. The van der Waals surface area contributed by atoms with E-state index < -0.39 is 11.8 Å². The number of benzene rings is 2. The molecule has 2 aromatic rings. The number of hydrogen-bond acceptors (Lipinski definition) is 5. The number of aliphatic imine (C=N–C) groups is 1. The van der Waals surface area contributed by atoms with E-state index in [1.165, 1.54) is 0 Å². The second-order valence-electron chi connectivity index (χ2n) is 9.20. The van der Waals surface area contributed by atoms with Gasteiger partial charge in [-0.25, -0.2) is 0 Å². The molecule has 0 saturated heterocycles. The summed E-state index contributed by atoms with van der Waals surface area (Å²) >= 11 is 12.5. The standard InChI is InChI=1S/C28H29Cl2NO4/c1-5-15(2)35-28(33)25-16(3)31-23-13-19(17-6-9-20(34-4)10-7-17)14-24(32)27(23)26(25)18-8-11-21(29)22(30)12-18/h6-12,15,19,25-26H,5,13-14H2,1-4H3/t15-,19+,25?,26-/m0/s1. The van der Waals surface area contributed by atoms with Gasteiger partial charge < -0.3 is 9.47 Å². The first-order valence-corrected chi connectivity index (χ1v) is 12.6. The maximum Gasteiger partial charge on any atom is 0.315 e. The summed E-state index contributed by atoms with van der Waals surface area (Å²) in [6.45, 7) is 5.65. The molecule has 184 valence electrons. The minimum Gasteiger partial charge on any atom is -0.497 e. The van der Waals surface area contributed by atoms with E-state index in [1.807, 2.05) is 51.1 Å². The molecule has 0 N–H and O–H groups in total. The minimum atomic E-state index is -0.707. The largest absolute Gasteiger partial charge is 0.497 e. The summed E-state index contributed by atoms with van der Waals surface area (Å²) in [5.74, 6) is -0.861. The number of hydrogen-bond donors (Lipinski definition) is 0. The van der Waals surface area contributed by atoms with Gasteiger partial charge in [0.25, 0.3) is 0 Å². The van der Waals surface area contributed by atoms with E-state index in [-0.39, 0.29) is 23.8 Å². The molecular weight excluding hydrogens is 485 g/mol. The molecule has 0 spiro atoms. The number of ketones is 1. The van der Waals surface area contributed by atoms with Gasteiger partial charge in [0.05, 0.1) is 23.3 Å². The molecule has 0 saturated carbocycles. The van der Waals surface area contributed by atoms with Crippen LogP contribution in [0.3, 0.4) is 0 Å². The van der Waals surface area contributed by atoms with Gasteiger partial charge in [-0.15, -0.1) is 0 Å². The summed E-state index contributed by atoms with van der Waals surface area (Å²) < 4.78 is 11.0. The van der Waals surface area contributed by atoms with Crippen LogP contribution >= 0.6 is 23.2 Å². The second-order valence-corrected chi connectivity index (χ2v) is 10.0. The molecule has 0 amide bonds. The van der Waals surface area contributed by atoms with Crippen molar-refractivity contribution >= 4 is 40.7 Å². The van der Waals surface area contributed by atoms with Crippen LogP contribution in [0.2, 0.25) is 10.0 Å². The normalized spacial score (nSPS) is 22.9. The summed E-state index contributed by atoms with van der Waals surface area (Å²) in [6, 6.07) is 13.1. The van der Waals surface area contributed by atoms with E-state index in [0.29, 0.717) is 40.6 Å². The topological polar surface area (TPSA) is 65.0 Å². The number of nitrogens with zero attached hydrogens (tertiary/aromatic N) is 1. The monoisotopic (exact) mass is 513 g/mol. The Kier molecular flexibility index (Phi) is 7.67. The van der Waals surface area contributed by atoms with E-state index in [0.717, 1.165) is 22.6 Å². The Morgan fingerprint density at radius 3 is 2.40 bits per heavy atom. The lowest BCUT2D eigenvalue weighted by Crippen LogP contribution is -2.39. The van der Waals surface area contributed by atoms with E-state index >= 15 is 0 Å². The number of methoxy groups -OCH3 is 1. The van der Waals surface area contributed by atoms with Crippen molar-refractivity contribution in [2.45, 2.75) is 58.0 Å². The van der Waals surface area contributed by atoms with Crippen molar-refractivity contribution in [1.82, 2.24) is 0 Å². The van der Waals surface area contributed by atoms with Gasteiger partial charge in [-0.2, -0.15) is 0 Å². The van der Waals surface area contributed by atoms with Gasteiger partial charge in [-0.05, 0) is 68.0 Å². The SMILES string of the molecule is CC[C@H](C)OC(=O)C1C(C)=NC2=C(C(=O)C[C@H](c3ccc(OC)cc3)C2)[C@H]1c1ccc(Cl)c(Cl)c1. The first kappa shape index (κ1) is 25.5. The lowest BCUT2D eigenvalue weighted by molar-refractivity contribution is -0.151. The Labute approximate surface area is 216 Å². The number of ether oxygens (including phenoxy) is 2. The Hall–Kier alpha value is -2.63. The van der Waals surface area contributed by atoms with Crippen molar-refractivity contribution in [3.05, 3.63) is 74.9 Å². The Morgan fingerprint density at radius 2 is 1.77 bits per heavy atom. The molecule has 0 fully saturated rings. The fraction of sp³-hybridized carbons (Fsp3) is 0.393. The Morgan fingerprint density at radius 1 is 1.09 bits per heavy atom. The molecular formula is C28H29Cl2NO4. The highest BCUT2D eigenvalue weighted by Gasteiger charge is 2.45. The van der Waals surface area contributed by atoms with Crippen LogP contribution < -0.4 is 4.74 Å². The zero-order valence-electron chi connectivity index (χ0n) is 20.3. The average molecular weight is 514 g/mol. The quantitative estimate of drug-likeness (QED) is 0.393. The molecule has 0 bridgehead atoms. The van der Waals surface area contributed by atoms with Gasteiger partial charge in [-0.1, -0.05) is 48.3 Å². The molecule has 4 rings (SSSR count). The van der Waals surface area contributed by atoms with Crippen molar-refractivity contribution in [3.63, 3.8) is 0 Å². The molecule has 5 nitrogen and oxygen atoms in total. The van der Waals surface area contributed by atoms with Gasteiger partial charge in [0.2, 0.25) is 0 Å². The summed E-state index contributed by atoms with van der Waals surface area (Å²) in [5.41, 5.74) is 3.75. The van der Waals surface area contributed by atoms with Gasteiger partial charge >= 0.3 is 5.97 Å². The lowest BCUT2D eigenvalue weighted by atomic mass is 9.69. The maximum absolute atomic E-state index is 13.7. The summed E-state index contributed by atoms with van der Waals surface area (Å²) in [7, 11) is 1.63. The van der Waals surface area contributed by atoms with Crippen molar-refractivity contribution < 1.29 is 19.1 Å². The summed E-state index contributed by atoms with van der Waals surface area (Å²) in [5, 5.41) is 0.791. The number of halogens is 2. The number of carbonyl (C=O) groups is 2. The predicted molar refractivity (Wildman–Crippen MR) is 139 cm³/mol. The highest BCUT2D eigenvalue weighted by atomic mass is 35.5. The van der Waals surface area contributed by atoms with E-state index in [9.17, 15) is 9.59 Å². The first-order chi connectivity index (χ1) is 16.7. The highest BCUT2D eigenvalue weighted by Crippen LogP contribution is 2.47. The summed E-state index contributed by atoms with van der Waals surface area (Å²) in [4.78, 5) is 31.8. The number of rotatable bonds is 6. The van der Waals surface area contributed by atoms with Crippen LogP contribution in [0.5, 0.6) is 5.75 Å². The molecule has 0 aromatic heterocycles. The van der Waals surface area contributed by atoms with Crippen LogP contribution in [0.15, 0.2) is 58.7 Å². The maximum atomic E-state index is 13.7. The number of carbonyl (C=O) groups excluding carboxylic acids is 2. The van der Waals surface area contributed by atoms with Crippen molar-refractivity contribution in [1.29, 1.82) is 0 Å². The van der Waals surface area contributed by atoms with Crippen molar-refractivity contribution in [2.75, 3.05) is 7.11 Å². The zero-order valence-corrected chi connectivity index (χ0v) is 21.8. The second kappa shape index (κ2) is 10.5. The third kappa shape index (κ3) is 5.17. The van der Waals surface area contributed by atoms with Crippen LogP contribution in [0.1, 0.15) is 63.0 Å². The van der Waals surface area contributed by atoms with Crippen LogP contribution in [-0.2, 0) is 14.3 Å². The molecule has 2 aromatic carbocycles. The minimum absolute atomic E-state index is 0.00165. The van der Waals surface area contributed by atoms with Crippen LogP contribution in [0.25, 0.3) is 0 Å². The molecule has 35 heavy (non-hydrogen) atoms. The molecule has 1 unspecified atom stereocenters. The third-order valence-electron chi connectivity index (χ3n) is 6.92. The predicted octanol–water partition coefficient (Wildman–Crippen LogP) is 6.92. The zero-order chi connectivity index (χ0) is 25.3. The molecule has 4 atom stereocenters. The van der Waals surface area contributed by atoms with Crippen molar-refractivity contribution in [3.8, 4) is 5.75 Å². The van der Waals surface area contributed by atoms with Gasteiger partial charge in [-0.3, -0.25) is 14.6 Å². The molecule has 0 radical (unpaired) electrons. The fourth-order valence-corrected chi connectivity index (χ4v) is 5.20. The van der Waals surface area contributed by atoms with Gasteiger partial charge in [0.15, 0.2) is 5.78 Å². The van der Waals surface area contributed by atoms with E-state index in [1.54, 1.807) is 19.2 Å². The number of esters is 1. The molecule has 2 aliphatic rings. The molecule has 1 aliphatic heterocycles. The van der Waals surface area contributed by atoms with Gasteiger partial charge in [0.1, 0.15) is 11.7 Å². The highest BCUT2D eigenvalue weighted by molar-refractivity contribution is 6.42. The smallest absolute Gasteiger partial charge is 0.315 e. The van der Waals surface area contributed by atoms with Gasteiger partial charge in [0, 0.05) is 29.3 Å². The summed E-state index contributed by atoms with van der Waals surface area (Å²) in [6.07, 6.45) is 1.41. The number of Topliss-reactive ketones (excluding diaryl/α,β-unsaturated/α-hetero) is 1. The third-order valence-corrected chi connectivity index (χ3v) is 7.66. The fourth-order valence-electron chi connectivity index (χ4n) is 4.90. The van der Waals surface area contributed by atoms with Crippen LogP contribution in [-0.4, -0.2) is 30.7 Å². The van der Waals surface area contributed by atoms with Crippen molar-refractivity contribution in [2.24, 2.45) is 10.9 Å². The Balaban J connectivity index is 1.77. The van der Waals surface area contributed by atoms with E-state index in [2.05, 4.69) is 0 Å². The molecule has 7 heteroatoms. The molecule has 1 aliphatic carbocycles. The Bertz CT molecular complexity index is 1200. The number of allylic oxidation sites excluding steroid dienone is 2. The van der Waals surface area contributed by atoms with E-state index in [4.69, 9.17) is 37.7 Å². The van der Waals surface area contributed by atoms with Crippen LogP contribution in [0, 0.1) is 5.92 Å². The molecule has 1 heterocycles.